The Labute approximate surface area is 175 Å². The molecule has 0 aliphatic carbocycles. The molecule has 0 unspecified atom stereocenters. The van der Waals surface area contributed by atoms with Crippen LogP contribution in [0.25, 0.3) is 0 Å². The summed E-state index contributed by atoms with van der Waals surface area (Å²) in [7, 11) is 0. The standard InChI is InChI=1S/C26H54.CH4/c1-5-9-12-15-18-21-24-26(8-4,23-20-17-14-11-7-3)25-22-19-16-13-10-6-2;/h5-25H2,1-4H3;1H4. The molecule has 0 aliphatic rings. The second kappa shape index (κ2) is 22.3. The van der Waals surface area contributed by atoms with E-state index in [-0.39, 0.29) is 7.43 Å². The van der Waals surface area contributed by atoms with E-state index in [4.69, 9.17) is 0 Å². The van der Waals surface area contributed by atoms with Gasteiger partial charge in [0.15, 0.2) is 0 Å². The molecule has 0 atom stereocenters. The molecule has 166 valence electrons. The molecule has 27 heavy (non-hydrogen) atoms. The van der Waals surface area contributed by atoms with Gasteiger partial charge in [0, 0.05) is 0 Å². The Morgan fingerprint density at radius 2 is 0.630 bits per heavy atom. The van der Waals surface area contributed by atoms with Crippen molar-refractivity contribution in [2.24, 2.45) is 5.41 Å². The largest absolute Gasteiger partial charge is 0.0776 e. The van der Waals surface area contributed by atoms with Gasteiger partial charge in [0.1, 0.15) is 0 Å². The summed E-state index contributed by atoms with van der Waals surface area (Å²) >= 11 is 0. The first-order chi connectivity index (χ1) is 12.7. The number of rotatable bonds is 21. The molecule has 0 saturated heterocycles. The summed E-state index contributed by atoms with van der Waals surface area (Å²) in [6.45, 7) is 9.45. The van der Waals surface area contributed by atoms with Crippen LogP contribution in [0, 0.1) is 5.41 Å². The fourth-order valence-corrected chi connectivity index (χ4v) is 4.57. The van der Waals surface area contributed by atoms with E-state index in [1.807, 2.05) is 0 Å². The summed E-state index contributed by atoms with van der Waals surface area (Å²) in [4.78, 5) is 0. The Hall–Kier alpha value is 0. The predicted molar refractivity (Wildman–Crippen MR) is 129 cm³/mol. The van der Waals surface area contributed by atoms with E-state index >= 15 is 0 Å². The molecule has 0 aromatic carbocycles. The third-order valence-electron chi connectivity index (χ3n) is 6.68. The lowest BCUT2D eigenvalue weighted by atomic mass is 9.72. The summed E-state index contributed by atoms with van der Waals surface area (Å²) in [5.41, 5.74) is 0.682. The topological polar surface area (TPSA) is 0 Å². The Bertz CT molecular complexity index is 239. The molecule has 0 aromatic heterocycles. The molecule has 0 amide bonds. The Kier molecular flexibility index (Phi) is 24.1. The highest BCUT2D eigenvalue weighted by atomic mass is 14.3. The third-order valence-corrected chi connectivity index (χ3v) is 6.68. The molecule has 0 nitrogen and oxygen atoms in total. The minimum Gasteiger partial charge on any atom is -0.0776 e. The summed E-state index contributed by atoms with van der Waals surface area (Å²) < 4.78 is 0. The maximum absolute atomic E-state index is 2.49. The van der Waals surface area contributed by atoms with Crippen molar-refractivity contribution in [3.05, 3.63) is 0 Å². The van der Waals surface area contributed by atoms with Gasteiger partial charge >= 0.3 is 0 Å². The first-order valence-electron chi connectivity index (χ1n) is 12.7. The SMILES string of the molecule is C.CCCCCCCCC(CC)(CCCCCCC)CCCCCCCC. The first-order valence-corrected chi connectivity index (χ1v) is 12.7. The van der Waals surface area contributed by atoms with E-state index in [1.165, 1.54) is 135 Å². The fraction of sp³-hybridized carbons (Fsp3) is 1.00. The van der Waals surface area contributed by atoms with Gasteiger partial charge in [0.25, 0.3) is 0 Å². The van der Waals surface area contributed by atoms with Crippen molar-refractivity contribution in [2.45, 2.75) is 170 Å². The first kappa shape index (κ1) is 29.2. The van der Waals surface area contributed by atoms with Gasteiger partial charge in [-0.15, -0.1) is 0 Å². The lowest BCUT2D eigenvalue weighted by Gasteiger charge is -2.34. The molecule has 0 saturated carbocycles. The van der Waals surface area contributed by atoms with E-state index in [1.54, 1.807) is 0 Å². The van der Waals surface area contributed by atoms with Crippen molar-refractivity contribution in [3.63, 3.8) is 0 Å². The molecule has 0 N–H and O–H groups in total. The summed E-state index contributed by atoms with van der Waals surface area (Å²) in [5, 5.41) is 0. The molecule has 0 radical (unpaired) electrons. The fourth-order valence-electron chi connectivity index (χ4n) is 4.57. The van der Waals surface area contributed by atoms with Crippen LogP contribution < -0.4 is 0 Å². The van der Waals surface area contributed by atoms with Crippen molar-refractivity contribution in [1.29, 1.82) is 0 Å². The second-order valence-corrected chi connectivity index (χ2v) is 9.05. The van der Waals surface area contributed by atoms with Crippen molar-refractivity contribution in [3.8, 4) is 0 Å². The van der Waals surface area contributed by atoms with E-state index in [0.717, 1.165) is 0 Å². The van der Waals surface area contributed by atoms with Crippen LogP contribution >= 0.6 is 0 Å². The van der Waals surface area contributed by atoms with Gasteiger partial charge in [-0.1, -0.05) is 151 Å². The molecule has 0 heteroatoms. The van der Waals surface area contributed by atoms with E-state index in [0.29, 0.717) is 5.41 Å². The normalized spacial score (nSPS) is 11.6. The quantitative estimate of drug-likeness (QED) is 0.173. The zero-order chi connectivity index (χ0) is 19.3. The van der Waals surface area contributed by atoms with Gasteiger partial charge in [-0.2, -0.15) is 0 Å². The Morgan fingerprint density at radius 1 is 0.370 bits per heavy atom. The smallest absolute Gasteiger partial charge is 0.0300 e. The van der Waals surface area contributed by atoms with Crippen molar-refractivity contribution < 1.29 is 0 Å². The highest BCUT2D eigenvalue weighted by molar-refractivity contribution is 4.78. The Morgan fingerprint density at radius 3 is 0.889 bits per heavy atom. The van der Waals surface area contributed by atoms with Gasteiger partial charge in [-0.3, -0.25) is 0 Å². The van der Waals surface area contributed by atoms with Crippen LogP contribution in [-0.4, -0.2) is 0 Å². The molecule has 0 aliphatic heterocycles. The predicted octanol–water partition coefficient (Wildman–Crippen LogP) is 10.9. The van der Waals surface area contributed by atoms with Crippen LogP contribution in [0.5, 0.6) is 0 Å². The van der Waals surface area contributed by atoms with Gasteiger partial charge in [0.05, 0.1) is 0 Å². The molecule has 0 spiro atoms. The maximum atomic E-state index is 2.49. The van der Waals surface area contributed by atoms with Gasteiger partial charge in [-0.25, -0.2) is 0 Å². The lowest BCUT2D eigenvalue weighted by Crippen LogP contribution is -2.20. The summed E-state index contributed by atoms with van der Waals surface area (Å²) in [6.07, 6.45) is 30.6. The summed E-state index contributed by atoms with van der Waals surface area (Å²) in [5.74, 6) is 0. The van der Waals surface area contributed by atoms with Crippen molar-refractivity contribution >= 4 is 0 Å². The minimum absolute atomic E-state index is 0. The molecular formula is C27H58. The molecule has 0 fully saturated rings. The van der Waals surface area contributed by atoms with E-state index < -0.39 is 0 Å². The van der Waals surface area contributed by atoms with Crippen molar-refractivity contribution in [1.82, 2.24) is 0 Å². The van der Waals surface area contributed by atoms with Gasteiger partial charge < -0.3 is 0 Å². The molecular weight excluding hydrogens is 324 g/mol. The maximum Gasteiger partial charge on any atom is -0.0300 e. The zero-order valence-electron chi connectivity index (χ0n) is 19.3. The monoisotopic (exact) mass is 382 g/mol. The highest BCUT2D eigenvalue weighted by Crippen LogP contribution is 2.40. The molecule has 0 rings (SSSR count). The molecule has 0 bridgehead atoms. The number of hydrogen-bond acceptors (Lipinski definition) is 0. The van der Waals surface area contributed by atoms with Crippen LogP contribution in [0.3, 0.4) is 0 Å². The van der Waals surface area contributed by atoms with Crippen LogP contribution in [-0.2, 0) is 0 Å². The molecule has 0 aromatic rings. The van der Waals surface area contributed by atoms with Gasteiger partial charge in [-0.05, 0) is 24.7 Å². The van der Waals surface area contributed by atoms with Crippen LogP contribution in [0.1, 0.15) is 170 Å². The van der Waals surface area contributed by atoms with Gasteiger partial charge in [0.2, 0.25) is 0 Å². The van der Waals surface area contributed by atoms with E-state index in [9.17, 15) is 0 Å². The summed E-state index contributed by atoms with van der Waals surface area (Å²) in [6, 6.07) is 0. The average molecular weight is 383 g/mol. The second-order valence-electron chi connectivity index (χ2n) is 9.05. The van der Waals surface area contributed by atoms with E-state index in [2.05, 4.69) is 27.7 Å². The lowest BCUT2D eigenvalue weighted by molar-refractivity contribution is 0.186. The third kappa shape index (κ3) is 17.8. The van der Waals surface area contributed by atoms with Crippen molar-refractivity contribution in [2.75, 3.05) is 0 Å². The number of hydrogen-bond donors (Lipinski definition) is 0. The van der Waals surface area contributed by atoms with Crippen LogP contribution in [0.15, 0.2) is 0 Å². The highest BCUT2D eigenvalue weighted by Gasteiger charge is 2.26. The number of unbranched alkanes of at least 4 members (excludes halogenated alkanes) is 14. The zero-order valence-corrected chi connectivity index (χ0v) is 19.3. The van der Waals surface area contributed by atoms with Crippen LogP contribution in [0.4, 0.5) is 0 Å². The average Bonchev–Trinajstić information content (AvgIpc) is 2.66. The minimum atomic E-state index is 0. The molecule has 0 heterocycles. The van der Waals surface area contributed by atoms with Crippen LogP contribution in [0.2, 0.25) is 0 Å². The Balaban J connectivity index is 0.